The Morgan fingerprint density at radius 3 is 2.33 bits per heavy atom. The molecule has 3 unspecified atom stereocenters. The van der Waals surface area contributed by atoms with Crippen molar-refractivity contribution < 1.29 is 4.74 Å². The first-order valence-electron chi connectivity index (χ1n) is 6.05. The standard InChI is InChI=1S/C12H28N2O/c1-6-8-10(3)9-11(14-13)12(4,7-2)15-5/h10-11,14H,6-9,13H2,1-5H3. The first-order chi connectivity index (χ1) is 7.03. The maximum Gasteiger partial charge on any atom is 0.0813 e. The molecule has 0 aromatic heterocycles. The molecular formula is C12H28N2O. The summed E-state index contributed by atoms with van der Waals surface area (Å²) in [5.41, 5.74) is 2.75. The minimum absolute atomic E-state index is 0.156. The molecule has 0 heterocycles. The van der Waals surface area contributed by atoms with E-state index in [1.807, 2.05) is 0 Å². The minimum Gasteiger partial charge on any atom is -0.377 e. The molecule has 3 nitrogen and oxygen atoms in total. The van der Waals surface area contributed by atoms with Gasteiger partial charge in [-0.3, -0.25) is 11.3 Å². The molecule has 0 aromatic rings. The lowest BCUT2D eigenvalue weighted by Crippen LogP contribution is -2.53. The zero-order valence-corrected chi connectivity index (χ0v) is 11.0. The third-order valence-electron chi connectivity index (χ3n) is 3.53. The topological polar surface area (TPSA) is 47.3 Å². The van der Waals surface area contributed by atoms with Crippen LogP contribution in [0.1, 0.15) is 53.4 Å². The SMILES string of the molecule is CCCC(C)CC(NN)C(C)(CC)OC. The number of ether oxygens (including phenoxy) is 1. The van der Waals surface area contributed by atoms with Gasteiger partial charge < -0.3 is 4.74 Å². The van der Waals surface area contributed by atoms with E-state index in [0.29, 0.717) is 5.92 Å². The molecule has 0 saturated heterocycles. The molecule has 0 amide bonds. The van der Waals surface area contributed by atoms with Crippen LogP contribution < -0.4 is 11.3 Å². The van der Waals surface area contributed by atoms with Gasteiger partial charge in [0.2, 0.25) is 0 Å². The van der Waals surface area contributed by atoms with Crippen molar-refractivity contribution in [1.29, 1.82) is 0 Å². The van der Waals surface area contributed by atoms with Crippen molar-refractivity contribution in [3.63, 3.8) is 0 Å². The highest BCUT2D eigenvalue weighted by molar-refractivity contribution is 4.88. The molecule has 0 aliphatic heterocycles. The van der Waals surface area contributed by atoms with Crippen LogP contribution in [0.15, 0.2) is 0 Å². The van der Waals surface area contributed by atoms with Crippen molar-refractivity contribution in [3.05, 3.63) is 0 Å². The van der Waals surface area contributed by atoms with Gasteiger partial charge in [0.1, 0.15) is 0 Å². The first-order valence-corrected chi connectivity index (χ1v) is 6.05. The smallest absolute Gasteiger partial charge is 0.0813 e. The van der Waals surface area contributed by atoms with Crippen molar-refractivity contribution in [2.75, 3.05) is 7.11 Å². The second-order valence-corrected chi connectivity index (χ2v) is 4.72. The van der Waals surface area contributed by atoms with Gasteiger partial charge in [0.15, 0.2) is 0 Å². The number of hydrogen-bond acceptors (Lipinski definition) is 3. The summed E-state index contributed by atoms with van der Waals surface area (Å²) in [7, 11) is 1.76. The Morgan fingerprint density at radius 1 is 1.40 bits per heavy atom. The summed E-state index contributed by atoms with van der Waals surface area (Å²) < 4.78 is 5.58. The van der Waals surface area contributed by atoms with Gasteiger partial charge >= 0.3 is 0 Å². The van der Waals surface area contributed by atoms with E-state index in [0.717, 1.165) is 12.8 Å². The number of rotatable bonds is 8. The molecule has 0 spiro atoms. The molecule has 92 valence electrons. The lowest BCUT2D eigenvalue weighted by atomic mass is 9.85. The highest BCUT2D eigenvalue weighted by Crippen LogP contribution is 2.25. The summed E-state index contributed by atoms with van der Waals surface area (Å²) in [6, 6.07) is 0.231. The van der Waals surface area contributed by atoms with E-state index >= 15 is 0 Å². The Morgan fingerprint density at radius 2 is 2.00 bits per heavy atom. The van der Waals surface area contributed by atoms with Crippen LogP contribution in [0.25, 0.3) is 0 Å². The van der Waals surface area contributed by atoms with E-state index in [-0.39, 0.29) is 11.6 Å². The summed E-state index contributed by atoms with van der Waals surface area (Å²) in [6.45, 7) is 8.75. The lowest BCUT2D eigenvalue weighted by Gasteiger charge is -2.36. The molecule has 0 aromatic carbocycles. The maximum atomic E-state index is 5.62. The van der Waals surface area contributed by atoms with E-state index < -0.39 is 0 Å². The van der Waals surface area contributed by atoms with Crippen LogP contribution in [-0.2, 0) is 4.74 Å². The predicted molar refractivity (Wildman–Crippen MR) is 65.5 cm³/mol. The molecule has 0 aliphatic rings. The van der Waals surface area contributed by atoms with Crippen LogP contribution in [0, 0.1) is 5.92 Å². The van der Waals surface area contributed by atoms with E-state index in [4.69, 9.17) is 10.6 Å². The molecule has 0 fully saturated rings. The van der Waals surface area contributed by atoms with Crippen LogP contribution in [0.5, 0.6) is 0 Å². The minimum atomic E-state index is -0.156. The highest BCUT2D eigenvalue weighted by Gasteiger charge is 2.32. The zero-order valence-electron chi connectivity index (χ0n) is 11.0. The third kappa shape index (κ3) is 4.49. The zero-order chi connectivity index (χ0) is 11.9. The monoisotopic (exact) mass is 216 g/mol. The fourth-order valence-corrected chi connectivity index (χ4v) is 2.04. The Hall–Kier alpha value is -0.120. The van der Waals surface area contributed by atoms with Crippen molar-refractivity contribution in [2.24, 2.45) is 11.8 Å². The van der Waals surface area contributed by atoms with Gasteiger partial charge in [-0.25, -0.2) is 0 Å². The number of methoxy groups -OCH3 is 1. The maximum absolute atomic E-state index is 5.62. The second-order valence-electron chi connectivity index (χ2n) is 4.72. The first kappa shape index (κ1) is 14.9. The summed E-state index contributed by atoms with van der Waals surface area (Å²) in [5, 5.41) is 0. The van der Waals surface area contributed by atoms with Crippen LogP contribution in [-0.4, -0.2) is 18.8 Å². The Bertz CT molecular complexity index is 158. The average molecular weight is 216 g/mol. The average Bonchev–Trinajstić information content (AvgIpc) is 2.25. The molecule has 0 radical (unpaired) electrons. The molecule has 3 N–H and O–H groups in total. The molecule has 0 rings (SSSR count). The number of hydrazine groups is 1. The van der Waals surface area contributed by atoms with E-state index in [1.165, 1.54) is 12.8 Å². The fourth-order valence-electron chi connectivity index (χ4n) is 2.04. The number of hydrogen-bond donors (Lipinski definition) is 2. The second kappa shape index (κ2) is 7.20. The van der Waals surface area contributed by atoms with E-state index in [2.05, 4.69) is 33.1 Å². The highest BCUT2D eigenvalue weighted by atomic mass is 16.5. The fraction of sp³-hybridized carbons (Fsp3) is 1.00. The van der Waals surface area contributed by atoms with Crippen molar-refractivity contribution in [1.82, 2.24) is 5.43 Å². The van der Waals surface area contributed by atoms with Crippen LogP contribution in [0.2, 0.25) is 0 Å². The Balaban J connectivity index is 4.33. The van der Waals surface area contributed by atoms with Gasteiger partial charge in [0.05, 0.1) is 11.6 Å². The van der Waals surface area contributed by atoms with Crippen molar-refractivity contribution >= 4 is 0 Å². The summed E-state index contributed by atoms with van der Waals surface area (Å²) in [6.07, 6.45) is 4.52. The van der Waals surface area contributed by atoms with Crippen LogP contribution in [0.3, 0.4) is 0 Å². The van der Waals surface area contributed by atoms with Gasteiger partial charge in [-0.15, -0.1) is 0 Å². The Labute approximate surface area is 94.7 Å². The van der Waals surface area contributed by atoms with Gasteiger partial charge in [-0.2, -0.15) is 0 Å². The number of nitrogens with one attached hydrogen (secondary N) is 1. The molecule has 0 aliphatic carbocycles. The molecular weight excluding hydrogens is 188 g/mol. The summed E-state index contributed by atoms with van der Waals surface area (Å²) in [5.74, 6) is 6.32. The van der Waals surface area contributed by atoms with E-state index in [1.54, 1.807) is 7.11 Å². The van der Waals surface area contributed by atoms with Gasteiger partial charge in [0.25, 0.3) is 0 Å². The molecule has 3 atom stereocenters. The quantitative estimate of drug-likeness (QED) is 0.484. The van der Waals surface area contributed by atoms with Gasteiger partial charge in [-0.1, -0.05) is 33.6 Å². The normalized spacial score (nSPS) is 19.6. The Kier molecular flexibility index (Phi) is 7.14. The third-order valence-corrected chi connectivity index (χ3v) is 3.53. The van der Waals surface area contributed by atoms with Crippen LogP contribution >= 0.6 is 0 Å². The van der Waals surface area contributed by atoms with Crippen LogP contribution in [0.4, 0.5) is 0 Å². The summed E-state index contributed by atoms with van der Waals surface area (Å²) >= 11 is 0. The predicted octanol–water partition coefficient (Wildman–Crippen LogP) is 2.46. The number of nitrogens with two attached hydrogens (primary N) is 1. The molecule has 3 heteroatoms. The lowest BCUT2D eigenvalue weighted by molar-refractivity contribution is -0.0348. The summed E-state index contributed by atoms with van der Waals surface area (Å²) in [4.78, 5) is 0. The largest absolute Gasteiger partial charge is 0.377 e. The van der Waals surface area contributed by atoms with Crippen molar-refractivity contribution in [3.8, 4) is 0 Å². The van der Waals surface area contributed by atoms with E-state index in [9.17, 15) is 0 Å². The van der Waals surface area contributed by atoms with Crippen molar-refractivity contribution in [2.45, 2.75) is 65.0 Å². The molecule has 15 heavy (non-hydrogen) atoms. The van der Waals surface area contributed by atoms with Gasteiger partial charge in [0, 0.05) is 7.11 Å². The van der Waals surface area contributed by atoms with Gasteiger partial charge in [-0.05, 0) is 25.7 Å². The molecule has 0 saturated carbocycles. The molecule has 0 bridgehead atoms.